The van der Waals surface area contributed by atoms with Crippen molar-refractivity contribution < 1.29 is 4.79 Å². The third kappa shape index (κ3) is 5.26. The Kier molecular flexibility index (Phi) is 7.67. The number of allylic oxidation sites excluding steroid dienone is 2. The first-order valence-corrected chi connectivity index (χ1v) is 12.1. The van der Waals surface area contributed by atoms with E-state index in [0.717, 1.165) is 10.1 Å². The molecule has 0 aliphatic carbocycles. The summed E-state index contributed by atoms with van der Waals surface area (Å²) in [5, 5.41) is 0.626. The predicted molar refractivity (Wildman–Crippen MR) is 138 cm³/mol. The number of benzene rings is 1. The zero-order valence-corrected chi connectivity index (χ0v) is 21.5. The second-order valence-corrected chi connectivity index (χ2v) is 11.1. The monoisotopic (exact) mass is 483 g/mol. The summed E-state index contributed by atoms with van der Waals surface area (Å²) in [6, 6.07) is 8.90. The summed E-state index contributed by atoms with van der Waals surface area (Å²) < 4.78 is 4.07. The maximum atomic E-state index is 13.6. The van der Waals surface area contributed by atoms with E-state index >= 15 is 0 Å². The zero-order chi connectivity index (χ0) is 25.2. The molecule has 3 rings (SSSR count). The number of ketones is 1. The molecule has 2 aromatic heterocycles. The first-order chi connectivity index (χ1) is 16.0. The van der Waals surface area contributed by atoms with Crippen molar-refractivity contribution in [3.63, 3.8) is 0 Å². The number of fused-ring (bicyclic) bond motifs is 1. The minimum absolute atomic E-state index is 0.0141. The van der Waals surface area contributed by atoms with Crippen LogP contribution in [0.5, 0.6) is 0 Å². The average Bonchev–Trinajstić information content (AvgIpc) is 3.16. The molecule has 9 heteroatoms. The van der Waals surface area contributed by atoms with Crippen molar-refractivity contribution in [2.45, 2.75) is 57.6 Å². The van der Waals surface area contributed by atoms with Gasteiger partial charge in [-0.2, -0.15) is 0 Å². The number of Topliss-reactive ketones (excluding diaryl/α,β-unsaturated/α-hetero) is 1. The van der Waals surface area contributed by atoms with Crippen LogP contribution in [-0.4, -0.2) is 35.8 Å². The number of carbonyl (C=O) groups is 1. The summed E-state index contributed by atoms with van der Waals surface area (Å²) in [5.41, 5.74) is 7.32. The van der Waals surface area contributed by atoms with E-state index in [0.29, 0.717) is 35.0 Å². The maximum absolute atomic E-state index is 13.6. The maximum Gasteiger partial charge on any atom is 0.332 e. The Morgan fingerprint density at radius 2 is 1.82 bits per heavy atom. The van der Waals surface area contributed by atoms with E-state index in [1.165, 1.54) is 16.3 Å². The van der Waals surface area contributed by atoms with E-state index < -0.39 is 17.2 Å². The van der Waals surface area contributed by atoms with Crippen LogP contribution in [0.2, 0.25) is 0 Å². The van der Waals surface area contributed by atoms with Crippen LogP contribution >= 0.6 is 11.8 Å². The molecule has 1 aromatic carbocycles. The second kappa shape index (κ2) is 10.1. The molecule has 34 heavy (non-hydrogen) atoms. The summed E-state index contributed by atoms with van der Waals surface area (Å²) >= 11 is 1.48. The number of rotatable bonds is 9. The van der Waals surface area contributed by atoms with Crippen molar-refractivity contribution in [1.29, 1.82) is 0 Å². The Bertz CT molecular complexity index is 1340. The largest absolute Gasteiger partial charge is 0.332 e. The Morgan fingerprint density at radius 1 is 1.18 bits per heavy atom. The molecule has 2 N–H and O–H groups in total. The number of aromatic nitrogens is 4. The number of aryl methyl sites for hydroxylation is 1. The minimum atomic E-state index is -0.551. The van der Waals surface area contributed by atoms with E-state index in [1.54, 1.807) is 38.2 Å². The van der Waals surface area contributed by atoms with E-state index in [9.17, 15) is 14.4 Å². The van der Waals surface area contributed by atoms with Crippen LogP contribution in [0.25, 0.3) is 11.2 Å². The smallest absolute Gasteiger partial charge is 0.329 e. The Balaban J connectivity index is 2.16. The fraction of sp³-hybridized carbons (Fsp3) is 0.440. The lowest BCUT2D eigenvalue weighted by Gasteiger charge is -2.21. The topological polar surface area (TPSA) is 105 Å². The number of nitrogens with two attached hydrogens (primary N) is 1. The fourth-order valence-corrected chi connectivity index (χ4v) is 4.55. The van der Waals surface area contributed by atoms with Gasteiger partial charge in [-0.1, -0.05) is 60.7 Å². The van der Waals surface area contributed by atoms with Gasteiger partial charge < -0.3 is 10.3 Å². The lowest BCUT2D eigenvalue weighted by Crippen LogP contribution is -2.41. The second-order valence-electron chi connectivity index (χ2n) is 9.41. The zero-order valence-electron chi connectivity index (χ0n) is 20.7. The predicted octanol–water partition coefficient (Wildman–Crippen LogP) is 3.21. The molecule has 2 heterocycles. The third-order valence-corrected chi connectivity index (χ3v) is 6.91. The molecule has 0 spiro atoms. The molecule has 0 aliphatic heterocycles. The molecular weight excluding hydrogens is 450 g/mol. The van der Waals surface area contributed by atoms with Crippen LogP contribution in [0.15, 0.2) is 56.7 Å². The molecule has 182 valence electrons. The van der Waals surface area contributed by atoms with E-state index in [1.807, 2.05) is 44.4 Å². The molecule has 1 unspecified atom stereocenters. The first-order valence-electron chi connectivity index (χ1n) is 11.3. The summed E-state index contributed by atoms with van der Waals surface area (Å²) in [4.78, 5) is 44.4. The fourth-order valence-electron chi connectivity index (χ4n) is 3.57. The Morgan fingerprint density at radius 3 is 2.41 bits per heavy atom. The third-order valence-electron chi connectivity index (χ3n) is 5.70. The number of hydrogen-bond acceptors (Lipinski definition) is 6. The van der Waals surface area contributed by atoms with Gasteiger partial charge >= 0.3 is 5.69 Å². The van der Waals surface area contributed by atoms with Crippen molar-refractivity contribution in [3.05, 3.63) is 68.4 Å². The van der Waals surface area contributed by atoms with E-state index in [4.69, 9.17) is 5.73 Å². The van der Waals surface area contributed by atoms with Gasteiger partial charge in [0.2, 0.25) is 0 Å². The first kappa shape index (κ1) is 25.7. The molecule has 1 atom stereocenters. The van der Waals surface area contributed by atoms with Gasteiger partial charge in [0.05, 0.1) is 0 Å². The molecule has 0 fully saturated rings. The molecular formula is C25H33N5O3S. The van der Waals surface area contributed by atoms with Crippen LogP contribution in [0.3, 0.4) is 0 Å². The van der Waals surface area contributed by atoms with Crippen molar-refractivity contribution in [2.24, 2.45) is 18.7 Å². The number of carbonyl (C=O) groups excluding carboxylic acids is 1. The number of thioether (sulfide) groups is 1. The van der Waals surface area contributed by atoms with Crippen molar-refractivity contribution in [2.75, 3.05) is 6.54 Å². The van der Waals surface area contributed by atoms with Gasteiger partial charge in [-0.3, -0.25) is 18.7 Å². The van der Waals surface area contributed by atoms with Gasteiger partial charge in [0.15, 0.2) is 22.1 Å². The molecule has 0 aliphatic rings. The van der Waals surface area contributed by atoms with Gasteiger partial charge in [0.1, 0.15) is 0 Å². The highest BCUT2D eigenvalue weighted by Crippen LogP contribution is 2.32. The van der Waals surface area contributed by atoms with Gasteiger partial charge in [-0.15, -0.1) is 0 Å². The van der Waals surface area contributed by atoms with Crippen LogP contribution in [0.4, 0.5) is 0 Å². The molecule has 0 saturated carbocycles. The highest BCUT2D eigenvalue weighted by Gasteiger charge is 2.26. The SMILES string of the molecule is CC(C)=CCn1c(SC(C)(C)CN)nc2c1c(=O)n(CC(C)C(=O)c1ccccc1)c(=O)n2C. The van der Waals surface area contributed by atoms with Gasteiger partial charge in [-0.25, -0.2) is 9.78 Å². The Hall–Kier alpha value is -2.91. The lowest BCUT2D eigenvalue weighted by molar-refractivity contribution is 0.0916. The molecule has 8 nitrogen and oxygen atoms in total. The van der Waals surface area contributed by atoms with E-state index in [-0.39, 0.29) is 17.1 Å². The van der Waals surface area contributed by atoms with Crippen LogP contribution in [-0.2, 0) is 20.1 Å². The molecule has 0 amide bonds. The van der Waals surface area contributed by atoms with Crippen molar-refractivity contribution in [1.82, 2.24) is 18.7 Å². The van der Waals surface area contributed by atoms with Crippen LogP contribution in [0, 0.1) is 5.92 Å². The summed E-state index contributed by atoms with van der Waals surface area (Å²) in [5.74, 6) is -0.668. The molecule has 0 saturated heterocycles. The molecule has 0 bridgehead atoms. The summed E-state index contributed by atoms with van der Waals surface area (Å²) in [6.07, 6.45) is 2.01. The number of nitrogens with zero attached hydrogens (tertiary/aromatic N) is 4. The van der Waals surface area contributed by atoms with Crippen LogP contribution in [0.1, 0.15) is 45.0 Å². The highest BCUT2D eigenvalue weighted by molar-refractivity contribution is 8.00. The summed E-state index contributed by atoms with van der Waals surface area (Å²) in [7, 11) is 1.60. The lowest BCUT2D eigenvalue weighted by atomic mass is 9.99. The molecule has 3 aromatic rings. The van der Waals surface area contributed by atoms with Crippen LogP contribution < -0.4 is 17.0 Å². The van der Waals surface area contributed by atoms with Crippen molar-refractivity contribution >= 4 is 28.7 Å². The quantitative estimate of drug-likeness (QED) is 0.285. The summed E-state index contributed by atoms with van der Waals surface area (Å²) in [6.45, 7) is 10.6. The Labute approximate surface area is 203 Å². The average molecular weight is 484 g/mol. The molecule has 0 radical (unpaired) electrons. The van der Waals surface area contributed by atoms with E-state index in [2.05, 4.69) is 4.98 Å². The standard InChI is InChI=1S/C25H33N5O3S/c1-16(2)12-13-29-19-21(27-23(29)34-25(4,5)15-26)28(6)24(33)30(22(19)32)14-17(3)20(31)18-10-8-7-9-11-18/h7-12,17H,13-15,26H2,1-6H3. The number of imidazole rings is 1. The van der Waals surface area contributed by atoms with Gasteiger partial charge in [-0.05, 0) is 27.7 Å². The van der Waals surface area contributed by atoms with Crippen molar-refractivity contribution in [3.8, 4) is 0 Å². The van der Waals surface area contributed by atoms with Gasteiger partial charge in [0.25, 0.3) is 5.56 Å². The normalized spacial score (nSPS) is 12.7. The minimum Gasteiger partial charge on any atom is -0.329 e. The highest BCUT2D eigenvalue weighted by atomic mass is 32.2. The van der Waals surface area contributed by atoms with Gasteiger partial charge in [0, 0.05) is 42.9 Å². The number of hydrogen-bond donors (Lipinski definition) is 1.